The van der Waals surface area contributed by atoms with Crippen LogP contribution in [0.15, 0.2) is 54.6 Å². The van der Waals surface area contributed by atoms with Gasteiger partial charge in [0.2, 0.25) is 0 Å². The molecule has 0 fully saturated rings. The molecule has 1 aliphatic rings. The number of carbonyl (C=O) groups excluding carboxylic acids is 1. The molecule has 3 rings (SSSR count). The van der Waals surface area contributed by atoms with Crippen LogP contribution in [-0.2, 0) is 11.3 Å². The molecule has 1 N–H and O–H groups in total. The molecule has 0 bridgehead atoms. The SMILES string of the molecule is O=C1c2ccccc2CCCC1ONc1ccccc1. The monoisotopic (exact) mass is 267 g/mol. The zero-order chi connectivity index (χ0) is 13.8. The highest BCUT2D eigenvalue weighted by molar-refractivity contribution is 6.01. The first-order valence-corrected chi connectivity index (χ1v) is 6.93. The number of ketones is 1. The highest BCUT2D eigenvalue weighted by Gasteiger charge is 2.26. The Balaban J connectivity index is 1.73. The van der Waals surface area contributed by atoms with Gasteiger partial charge in [0.1, 0.15) is 6.10 Å². The Kier molecular flexibility index (Phi) is 3.79. The van der Waals surface area contributed by atoms with Crippen LogP contribution in [0.1, 0.15) is 28.8 Å². The smallest absolute Gasteiger partial charge is 0.194 e. The molecule has 0 aliphatic heterocycles. The zero-order valence-corrected chi connectivity index (χ0v) is 11.2. The number of nitrogens with one attached hydrogen (secondary N) is 1. The van der Waals surface area contributed by atoms with E-state index in [2.05, 4.69) is 5.48 Å². The van der Waals surface area contributed by atoms with Crippen molar-refractivity contribution in [2.45, 2.75) is 25.4 Å². The Morgan fingerprint density at radius 3 is 2.60 bits per heavy atom. The summed E-state index contributed by atoms with van der Waals surface area (Å²) < 4.78 is 0. The van der Waals surface area contributed by atoms with Gasteiger partial charge in [-0.15, -0.1) is 0 Å². The first-order valence-electron chi connectivity index (χ1n) is 6.93. The number of hydrogen-bond donors (Lipinski definition) is 1. The fraction of sp³-hybridized carbons (Fsp3) is 0.235. The van der Waals surface area contributed by atoms with E-state index in [-0.39, 0.29) is 5.78 Å². The van der Waals surface area contributed by atoms with E-state index in [1.807, 2.05) is 54.6 Å². The number of para-hydroxylation sites is 1. The highest BCUT2D eigenvalue weighted by Crippen LogP contribution is 2.22. The topological polar surface area (TPSA) is 38.3 Å². The van der Waals surface area contributed by atoms with Gasteiger partial charge in [0, 0.05) is 5.56 Å². The summed E-state index contributed by atoms with van der Waals surface area (Å²) in [4.78, 5) is 18.1. The maximum absolute atomic E-state index is 12.5. The minimum absolute atomic E-state index is 0.0709. The maximum Gasteiger partial charge on any atom is 0.194 e. The molecular formula is C17H17NO2. The molecule has 3 heteroatoms. The standard InChI is InChI=1S/C17H17NO2/c19-17-15-11-5-4-7-13(15)8-6-12-16(17)20-18-14-9-2-1-3-10-14/h1-5,7,9-11,16,18H,6,8,12H2. The normalized spacial score (nSPS) is 18.2. The first-order chi connectivity index (χ1) is 9.84. The van der Waals surface area contributed by atoms with E-state index in [1.165, 1.54) is 0 Å². The van der Waals surface area contributed by atoms with Gasteiger partial charge < -0.3 is 0 Å². The van der Waals surface area contributed by atoms with Crippen molar-refractivity contribution in [3.63, 3.8) is 0 Å². The molecule has 0 aromatic heterocycles. The van der Waals surface area contributed by atoms with Crippen molar-refractivity contribution in [3.05, 3.63) is 65.7 Å². The van der Waals surface area contributed by atoms with Crippen LogP contribution in [-0.4, -0.2) is 11.9 Å². The van der Waals surface area contributed by atoms with Gasteiger partial charge in [-0.05, 0) is 37.0 Å². The summed E-state index contributed by atoms with van der Waals surface area (Å²) in [7, 11) is 0. The molecule has 20 heavy (non-hydrogen) atoms. The number of Topliss-reactive ketones (excluding diaryl/α,β-unsaturated/α-hetero) is 1. The lowest BCUT2D eigenvalue weighted by Gasteiger charge is -2.15. The lowest BCUT2D eigenvalue weighted by atomic mass is 10.0. The average Bonchev–Trinajstić information content (AvgIpc) is 2.66. The molecule has 2 aromatic carbocycles. The Bertz CT molecular complexity index is 595. The van der Waals surface area contributed by atoms with Gasteiger partial charge in [-0.2, -0.15) is 0 Å². The second-order valence-electron chi connectivity index (χ2n) is 4.99. The molecule has 1 unspecified atom stereocenters. The third kappa shape index (κ3) is 2.73. The van der Waals surface area contributed by atoms with Crippen molar-refractivity contribution >= 4 is 11.5 Å². The van der Waals surface area contributed by atoms with Crippen LogP contribution in [0.4, 0.5) is 5.69 Å². The van der Waals surface area contributed by atoms with Crippen LogP contribution in [0, 0.1) is 0 Å². The molecule has 0 radical (unpaired) electrons. The first kappa shape index (κ1) is 12.9. The Hall–Kier alpha value is -2.13. The molecule has 1 aliphatic carbocycles. The predicted octanol–water partition coefficient (Wildman–Crippen LogP) is 3.62. The van der Waals surface area contributed by atoms with Gasteiger partial charge in [0.25, 0.3) is 0 Å². The zero-order valence-electron chi connectivity index (χ0n) is 11.2. The van der Waals surface area contributed by atoms with E-state index in [9.17, 15) is 4.79 Å². The van der Waals surface area contributed by atoms with Crippen molar-refractivity contribution in [2.75, 3.05) is 5.48 Å². The van der Waals surface area contributed by atoms with Crippen molar-refractivity contribution in [3.8, 4) is 0 Å². The summed E-state index contributed by atoms with van der Waals surface area (Å²) in [5.74, 6) is 0.0709. The van der Waals surface area contributed by atoms with E-state index < -0.39 is 6.10 Å². The van der Waals surface area contributed by atoms with Gasteiger partial charge in [-0.1, -0.05) is 42.5 Å². The van der Waals surface area contributed by atoms with Crippen LogP contribution in [0.25, 0.3) is 0 Å². The summed E-state index contributed by atoms with van der Waals surface area (Å²) in [6, 6.07) is 17.4. The second-order valence-corrected chi connectivity index (χ2v) is 4.99. The summed E-state index contributed by atoms with van der Waals surface area (Å²) in [5, 5.41) is 0. The summed E-state index contributed by atoms with van der Waals surface area (Å²) >= 11 is 0. The Morgan fingerprint density at radius 2 is 1.75 bits per heavy atom. The Labute approximate surface area is 118 Å². The molecule has 1 atom stereocenters. The van der Waals surface area contributed by atoms with Crippen LogP contribution in [0.3, 0.4) is 0 Å². The number of fused-ring (bicyclic) bond motifs is 1. The molecule has 2 aromatic rings. The molecule has 0 spiro atoms. The third-order valence-corrected chi connectivity index (χ3v) is 3.58. The molecule has 3 nitrogen and oxygen atoms in total. The maximum atomic E-state index is 12.5. The van der Waals surface area contributed by atoms with E-state index in [4.69, 9.17) is 4.84 Å². The summed E-state index contributed by atoms with van der Waals surface area (Å²) in [6.45, 7) is 0. The molecular weight excluding hydrogens is 250 g/mol. The molecule has 0 amide bonds. The lowest BCUT2D eigenvalue weighted by molar-refractivity contribution is 0.0576. The van der Waals surface area contributed by atoms with E-state index in [0.29, 0.717) is 0 Å². The number of hydrogen-bond acceptors (Lipinski definition) is 3. The van der Waals surface area contributed by atoms with Crippen LogP contribution >= 0.6 is 0 Å². The highest BCUT2D eigenvalue weighted by atomic mass is 16.7. The van der Waals surface area contributed by atoms with Gasteiger partial charge in [0.15, 0.2) is 5.78 Å². The average molecular weight is 267 g/mol. The molecule has 102 valence electrons. The molecule has 0 heterocycles. The molecule has 0 saturated heterocycles. The van der Waals surface area contributed by atoms with Crippen molar-refractivity contribution in [1.82, 2.24) is 0 Å². The number of anilines is 1. The predicted molar refractivity (Wildman–Crippen MR) is 78.6 cm³/mol. The third-order valence-electron chi connectivity index (χ3n) is 3.58. The Morgan fingerprint density at radius 1 is 1.00 bits per heavy atom. The molecule has 0 saturated carbocycles. The largest absolute Gasteiger partial charge is 0.291 e. The number of aryl methyl sites for hydroxylation is 1. The second kappa shape index (κ2) is 5.88. The van der Waals surface area contributed by atoms with Gasteiger partial charge >= 0.3 is 0 Å². The van der Waals surface area contributed by atoms with E-state index in [1.54, 1.807) is 0 Å². The van der Waals surface area contributed by atoms with Gasteiger partial charge in [-0.3, -0.25) is 15.1 Å². The van der Waals surface area contributed by atoms with Crippen molar-refractivity contribution in [1.29, 1.82) is 0 Å². The van der Waals surface area contributed by atoms with Crippen molar-refractivity contribution in [2.24, 2.45) is 0 Å². The van der Waals surface area contributed by atoms with Gasteiger partial charge in [0.05, 0.1) is 5.69 Å². The van der Waals surface area contributed by atoms with Gasteiger partial charge in [-0.25, -0.2) is 0 Å². The summed E-state index contributed by atoms with van der Waals surface area (Å²) in [5.41, 5.74) is 5.67. The van der Waals surface area contributed by atoms with Crippen LogP contribution < -0.4 is 5.48 Å². The number of rotatable bonds is 3. The fourth-order valence-electron chi connectivity index (χ4n) is 2.52. The lowest BCUT2D eigenvalue weighted by Crippen LogP contribution is -2.26. The number of carbonyl (C=O) groups is 1. The van der Waals surface area contributed by atoms with E-state index in [0.717, 1.165) is 36.1 Å². The van der Waals surface area contributed by atoms with Crippen LogP contribution in [0.5, 0.6) is 0 Å². The van der Waals surface area contributed by atoms with Crippen LogP contribution in [0.2, 0.25) is 0 Å². The van der Waals surface area contributed by atoms with E-state index >= 15 is 0 Å². The minimum atomic E-state index is -0.418. The fourth-order valence-corrected chi connectivity index (χ4v) is 2.52. The number of benzene rings is 2. The summed E-state index contributed by atoms with van der Waals surface area (Å²) in [6.07, 6.45) is 2.23. The van der Waals surface area contributed by atoms with Crippen molar-refractivity contribution < 1.29 is 9.63 Å². The minimum Gasteiger partial charge on any atom is -0.291 e. The quantitative estimate of drug-likeness (QED) is 0.682.